The Bertz CT molecular complexity index is 636. The Balaban J connectivity index is 2.19. The molecule has 0 aliphatic heterocycles. The van der Waals surface area contributed by atoms with Crippen LogP contribution in [0.2, 0.25) is 0 Å². The van der Waals surface area contributed by atoms with Gasteiger partial charge >= 0.3 is 0 Å². The minimum absolute atomic E-state index is 0.664. The number of anilines is 2. The minimum atomic E-state index is 0.664. The van der Waals surface area contributed by atoms with E-state index in [1.807, 2.05) is 31.3 Å². The highest BCUT2D eigenvalue weighted by molar-refractivity contribution is 5.68. The highest BCUT2D eigenvalue weighted by Gasteiger charge is 2.19. The van der Waals surface area contributed by atoms with Gasteiger partial charge in [-0.1, -0.05) is 0 Å². The summed E-state index contributed by atoms with van der Waals surface area (Å²) in [7, 11) is 3.93. The summed E-state index contributed by atoms with van der Waals surface area (Å²) in [5.74, 6) is 0.753. The zero-order valence-electron chi connectivity index (χ0n) is 11.9. The Labute approximate surface area is 118 Å². The molecule has 0 aromatic carbocycles. The fourth-order valence-electron chi connectivity index (χ4n) is 2.61. The van der Waals surface area contributed by atoms with Crippen LogP contribution >= 0.6 is 0 Å². The van der Waals surface area contributed by atoms with Crippen LogP contribution in [0.5, 0.6) is 0 Å². The molecule has 0 atom stereocenters. The third-order valence-electron chi connectivity index (χ3n) is 3.60. The molecule has 20 heavy (non-hydrogen) atoms. The Hall–Kier alpha value is -2.17. The number of nitrogens with zero attached hydrogens (tertiary/aromatic N) is 4. The van der Waals surface area contributed by atoms with Crippen molar-refractivity contribution in [2.45, 2.75) is 25.7 Å². The lowest BCUT2D eigenvalue weighted by Crippen LogP contribution is -2.17. The lowest BCUT2D eigenvalue weighted by Gasteiger charge is -2.21. The smallest absolute Gasteiger partial charge is 0.225 e. The second-order valence-electron chi connectivity index (χ2n) is 5.41. The predicted octanol–water partition coefficient (Wildman–Crippen LogP) is 2.07. The van der Waals surface area contributed by atoms with Gasteiger partial charge in [0.2, 0.25) is 5.95 Å². The van der Waals surface area contributed by atoms with Gasteiger partial charge in [-0.05, 0) is 31.7 Å². The van der Waals surface area contributed by atoms with E-state index in [-0.39, 0.29) is 0 Å². The fraction of sp³-hybridized carbons (Fsp3) is 0.400. The summed E-state index contributed by atoms with van der Waals surface area (Å²) in [5, 5.41) is 0. The molecule has 0 radical (unpaired) electrons. The average Bonchev–Trinajstić information content (AvgIpc) is 2.46. The van der Waals surface area contributed by atoms with E-state index in [9.17, 15) is 0 Å². The second-order valence-corrected chi connectivity index (χ2v) is 5.41. The number of nitrogen functional groups attached to an aromatic ring is 1. The molecule has 3 rings (SSSR count). The van der Waals surface area contributed by atoms with Crippen molar-refractivity contribution in [3.8, 4) is 11.3 Å². The van der Waals surface area contributed by atoms with Crippen molar-refractivity contribution in [3.63, 3.8) is 0 Å². The van der Waals surface area contributed by atoms with Crippen molar-refractivity contribution in [1.82, 2.24) is 15.0 Å². The topological polar surface area (TPSA) is 67.9 Å². The van der Waals surface area contributed by atoms with Gasteiger partial charge < -0.3 is 10.6 Å². The van der Waals surface area contributed by atoms with E-state index in [1.54, 1.807) is 6.20 Å². The van der Waals surface area contributed by atoms with Gasteiger partial charge in [-0.2, -0.15) is 0 Å². The van der Waals surface area contributed by atoms with E-state index >= 15 is 0 Å². The van der Waals surface area contributed by atoms with Crippen molar-refractivity contribution < 1.29 is 0 Å². The summed E-state index contributed by atoms with van der Waals surface area (Å²) in [6.07, 6.45) is 7.94. The standard InChI is InChI=1S/C15H19N5/c1-20(2)15-18-13-6-4-3-5-12(13)14(19-15)10-7-11(16)9-17-8-10/h7-9H,3-6,16H2,1-2H3. The Morgan fingerprint density at radius 3 is 2.65 bits per heavy atom. The number of hydrogen-bond donors (Lipinski definition) is 1. The van der Waals surface area contributed by atoms with Crippen molar-refractivity contribution in [3.05, 3.63) is 29.7 Å². The molecule has 104 valence electrons. The lowest BCUT2D eigenvalue weighted by atomic mass is 9.92. The highest BCUT2D eigenvalue weighted by Crippen LogP contribution is 2.31. The van der Waals surface area contributed by atoms with Crippen LogP contribution in [0.1, 0.15) is 24.1 Å². The third-order valence-corrected chi connectivity index (χ3v) is 3.60. The summed E-state index contributed by atoms with van der Waals surface area (Å²) in [6.45, 7) is 0. The molecule has 2 heterocycles. The molecule has 1 aliphatic carbocycles. The van der Waals surface area contributed by atoms with Crippen molar-refractivity contribution >= 4 is 11.6 Å². The van der Waals surface area contributed by atoms with Crippen LogP contribution in [0.3, 0.4) is 0 Å². The van der Waals surface area contributed by atoms with E-state index in [4.69, 9.17) is 10.7 Å². The molecule has 0 saturated carbocycles. The molecule has 0 unspecified atom stereocenters. The summed E-state index contributed by atoms with van der Waals surface area (Å²) in [6, 6.07) is 1.93. The zero-order chi connectivity index (χ0) is 14.1. The molecule has 0 spiro atoms. The van der Waals surface area contributed by atoms with Crippen LogP contribution in [0, 0.1) is 0 Å². The molecule has 0 amide bonds. The van der Waals surface area contributed by atoms with Gasteiger partial charge in [0.15, 0.2) is 0 Å². The van der Waals surface area contributed by atoms with Crippen molar-refractivity contribution in [2.75, 3.05) is 24.7 Å². The van der Waals surface area contributed by atoms with Crippen LogP contribution in [0.25, 0.3) is 11.3 Å². The van der Waals surface area contributed by atoms with E-state index in [1.165, 1.54) is 24.1 Å². The van der Waals surface area contributed by atoms with E-state index in [0.717, 1.165) is 30.0 Å². The molecule has 2 N–H and O–H groups in total. The monoisotopic (exact) mass is 269 g/mol. The summed E-state index contributed by atoms with van der Waals surface area (Å²) < 4.78 is 0. The Morgan fingerprint density at radius 1 is 1.10 bits per heavy atom. The first kappa shape index (κ1) is 12.8. The zero-order valence-corrected chi connectivity index (χ0v) is 11.9. The number of aryl methyl sites for hydroxylation is 1. The van der Waals surface area contributed by atoms with Gasteiger partial charge in [-0.3, -0.25) is 4.98 Å². The number of nitrogens with two attached hydrogens (primary N) is 1. The van der Waals surface area contributed by atoms with Gasteiger partial charge in [-0.25, -0.2) is 9.97 Å². The molecule has 1 aliphatic rings. The van der Waals surface area contributed by atoms with Crippen LogP contribution in [0.4, 0.5) is 11.6 Å². The van der Waals surface area contributed by atoms with E-state index < -0.39 is 0 Å². The largest absolute Gasteiger partial charge is 0.397 e. The SMILES string of the molecule is CN(C)c1nc2c(c(-c3cncc(N)c3)n1)CCCC2. The van der Waals surface area contributed by atoms with Gasteiger partial charge in [0.1, 0.15) is 0 Å². The summed E-state index contributed by atoms with van der Waals surface area (Å²) >= 11 is 0. The summed E-state index contributed by atoms with van der Waals surface area (Å²) in [5.41, 5.74) is 10.9. The van der Waals surface area contributed by atoms with E-state index in [0.29, 0.717) is 5.69 Å². The molecule has 5 nitrogen and oxygen atoms in total. The second kappa shape index (κ2) is 5.07. The number of hydrogen-bond acceptors (Lipinski definition) is 5. The van der Waals surface area contributed by atoms with Crippen LogP contribution in [-0.4, -0.2) is 29.0 Å². The molecule has 2 aromatic heterocycles. The molecular weight excluding hydrogens is 250 g/mol. The minimum Gasteiger partial charge on any atom is -0.397 e. The maximum absolute atomic E-state index is 5.85. The molecule has 5 heteroatoms. The average molecular weight is 269 g/mol. The molecule has 0 fully saturated rings. The first-order chi connectivity index (χ1) is 9.65. The Kier molecular flexibility index (Phi) is 3.26. The quantitative estimate of drug-likeness (QED) is 0.904. The van der Waals surface area contributed by atoms with Crippen LogP contribution in [0.15, 0.2) is 18.5 Å². The van der Waals surface area contributed by atoms with Crippen LogP contribution in [-0.2, 0) is 12.8 Å². The molecule has 2 aromatic rings. The normalized spacial score (nSPS) is 13.9. The number of pyridine rings is 1. The first-order valence-electron chi connectivity index (χ1n) is 6.93. The highest BCUT2D eigenvalue weighted by atomic mass is 15.2. The Morgan fingerprint density at radius 2 is 1.90 bits per heavy atom. The lowest BCUT2D eigenvalue weighted by molar-refractivity contribution is 0.663. The number of fused-ring (bicyclic) bond motifs is 1. The van der Waals surface area contributed by atoms with Gasteiger partial charge in [0.05, 0.1) is 11.4 Å². The van der Waals surface area contributed by atoms with E-state index in [2.05, 4.69) is 9.97 Å². The van der Waals surface area contributed by atoms with Gasteiger partial charge in [0, 0.05) is 43.3 Å². The van der Waals surface area contributed by atoms with Crippen molar-refractivity contribution in [2.24, 2.45) is 0 Å². The van der Waals surface area contributed by atoms with Crippen molar-refractivity contribution in [1.29, 1.82) is 0 Å². The number of rotatable bonds is 2. The molecule has 0 saturated heterocycles. The maximum atomic E-state index is 5.85. The van der Waals surface area contributed by atoms with Gasteiger partial charge in [0.25, 0.3) is 0 Å². The fourth-order valence-corrected chi connectivity index (χ4v) is 2.61. The van der Waals surface area contributed by atoms with Gasteiger partial charge in [-0.15, -0.1) is 0 Å². The molecule has 0 bridgehead atoms. The molecular formula is C15H19N5. The summed E-state index contributed by atoms with van der Waals surface area (Å²) in [4.78, 5) is 15.5. The third kappa shape index (κ3) is 2.31. The predicted molar refractivity (Wildman–Crippen MR) is 80.6 cm³/mol. The van der Waals surface area contributed by atoms with Crippen LogP contribution < -0.4 is 10.6 Å². The first-order valence-corrected chi connectivity index (χ1v) is 6.93. The number of aromatic nitrogens is 3. The maximum Gasteiger partial charge on any atom is 0.225 e.